The fraction of sp³-hybridized carbons (Fsp3) is 0.192. The fourth-order valence-electron chi connectivity index (χ4n) is 4.27. The third-order valence-corrected chi connectivity index (χ3v) is 6.17. The van der Waals surface area contributed by atoms with Crippen LogP contribution in [0.15, 0.2) is 61.3 Å². The number of anilines is 1. The van der Waals surface area contributed by atoms with Crippen LogP contribution < -0.4 is 15.4 Å². The maximum Gasteiger partial charge on any atom is 0.256 e. The van der Waals surface area contributed by atoms with E-state index in [0.717, 1.165) is 28.5 Å². The smallest absolute Gasteiger partial charge is 0.256 e. The van der Waals surface area contributed by atoms with Crippen LogP contribution in [0, 0.1) is 5.82 Å². The van der Waals surface area contributed by atoms with E-state index in [1.165, 1.54) is 12.3 Å². The van der Waals surface area contributed by atoms with Gasteiger partial charge in [-0.1, -0.05) is 24.3 Å². The van der Waals surface area contributed by atoms with Crippen molar-refractivity contribution < 1.29 is 13.9 Å². The molecule has 5 heterocycles. The van der Waals surface area contributed by atoms with Gasteiger partial charge in [0.2, 0.25) is 5.88 Å². The van der Waals surface area contributed by atoms with E-state index in [0.29, 0.717) is 28.5 Å². The number of fused-ring (bicyclic) bond motifs is 2. The summed E-state index contributed by atoms with van der Waals surface area (Å²) < 4.78 is 23.3. The minimum Gasteiger partial charge on any atom is -0.473 e. The molecule has 2 bridgehead atoms. The van der Waals surface area contributed by atoms with E-state index >= 15 is 0 Å². The normalized spacial score (nSPS) is 15.6. The predicted molar refractivity (Wildman–Crippen MR) is 135 cm³/mol. The number of benzene rings is 1. The summed E-state index contributed by atoms with van der Waals surface area (Å²) >= 11 is 0. The Morgan fingerprint density at radius 2 is 1.81 bits per heavy atom. The number of amides is 1. The van der Waals surface area contributed by atoms with Crippen molar-refractivity contribution in [3.05, 3.63) is 78.3 Å². The number of aromatic nitrogens is 6. The maximum atomic E-state index is 14.1. The first-order valence-corrected chi connectivity index (χ1v) is 11.8. The lowest BCUT2D eigenvalue weighted by atomic mass is 10.0. The van der Waals surface area contributed by atoms with Crippen molar-refractivity contribution in [2.75, 3.05) is 11.9 Å². The predicted octanol–water partition coefficient (Wildman–Crippen LogP) is 3.45. The first-order chi connectivity index (χ1) is 17.9. The van der Waals surface area contributed by atoms with Crippen molar-refractivity contribution >= 4 is 17.4 Å². The number of rotatable bonds is 2. The molecule has 1 aliphatic heterocycles. The van der Waals surface area contributed by atoms with E-state index < -0.39 is 11.9 Å². The number of halogens is 1. The second kappa shape index (κ2) is 9.01. The summed E-state index contributed by atoms with van der Waals surface area (Å²) in [5, 5.41) is 14.8. The van der Waals surface area contributed by atoms with Gasteiger partial charge in [0.1, 0.15) is 23.3 Å². The molecule has 0 fully saturated rings. The van der Waals surface area contributed by atoms with Gasteiger partial charge in [-0.05, 0) is 24.1 Å². The lowest BCUT2D eigenvalue weighted by Crippen LogP contribution is -2.33. The molecule has 6 rings (SSSR count). The first kappa shape index (κ1) is 22.7. The highest BCUT2D eigenvalue weighted by Crippen LogP contribution is 2.31. The largest absolute Gasteiger partial charge is 0.473 e. The molecule has 0 unspecified atom stereocenters. The minimum absolute atomic E-state index is 0.210. The highest BCUT2D eigenvalue weighted by Gasteiger charge is 2.21. The number of ether oxygens (including phenoxy) is 1. The molecule has 1 atom stereocenters. The zero-order chi connectivity index (χ0) is 25.5. The number of nitrogens with zero attached hydrogens (tertiary/aromatic N) is 6. The van der Waals surface area contributed by atoms with Gasteiger partial charge in [-0.2, -0.15) is 10.2 Å². The van der Waals surface area contributed by atoms with Crippen molar-refractivity contribution in [1.29, 1.82) is 0 Å². The van der Waals surface area contributed by atoms with Crippen LogP contribution in [0.2, 0.25) is 0 Å². The Balaban J connectivity index is 1.45. The third-order valence-electron chi connectivity index (χ3n) is 6.17. The van der Waals surface area contributed by atoms with Crippen molar-refractivity contribution in [2.24, 2.45) is 7.05 Å². The summed E-state index contributed by atoms with van der Waals surface area (Å²) in [4.78, 5) is 21.8. The van der Waals surface area contributed by atoms with E-state index in [4.69, 9.17) is 9.72 Å². The van der Waals surface area contributed by atoms with Gasteiger partial charge in [0.15, 0.2) is 5.65 Å². The van der Waals surface area contributed by atoms with Gasteiger partial charge in [-0.3, -0.25) is 9.48 Å². The zero-order valence-electron chi connectivity index (χ0n) is 20.1. The molecule has 1 aromatic carbocycles. The Morgan fingerprint density at radius 3 is 2.59 bits per heavy atom. The van der Waals surface area contributed by atoms with E-state index in [1.807, 2.05) is 49.9 Å². The number of hydrogen-bond donors (Lipinski definition) is 2. The molecule has 4 aromatic heterocycles. The number of aryl methyl sites for hydroxylation is 1. The number of nitrogens with one attached hydrogen (secondary N) is 2. The van der Waals surface area contributed by atoms with Crippen molar-refractivity contribution in [3.8, 4) is 28.1 Å². The van der Waals surface area contributed by atoms with Crippen LogP contribution in [0.4, 0.5) is 10.2 Å². The van der Waals surface area contributed by atoms with E-state index in [-0.39, 0.29) is 19.0 Å². The lowest BCUT2D eigenvalue weighted by molar-refractivity contribution is 0.0932. The first-order valence-electron chi connectivity index (χ1n) is 11.8. The van der Waals surface area contributed by atoms with E-state index in [2.05, 4.69) is 25.8 Å². The molecule has 5 aromatic rings. The molecule has 0 spiro atoms. The average molecular weight is 499 g/mol. The van der Waals surface area contributed by atoms with E-state index in [9.17, 15) is 9.18 Å². The third kappa shape index (κ3) is 4.35. The Bertz CT molecular complexity index is 1630. The molecular formula is C26H23FN8O2. The molecule has 1 amide bonds. The van der Waals surface area contributed by atoms with Gasteiger partial charge in [-0.25, -0.2) is 18.9 Å². The maximum absolute atomic E-state index is 14.1. The molecule has 0 saturated carbocycles. The van der Waals surface area contributed by atoms with Crippen LogP contribution in [0.25, 0.3) is 27.9 Å². The second-order valence-electron chi connectivity index (χ2n) is 8.92. The Kier molecular flexibility index (Phi) is 5.52. The van der Waals surface area contributed by atoms with Gasteiger partial charge in [0.05, 0.1) is 25.1 Å². The zero-order valence-corrected chi connectivity index (χ0v) is 20.1. The molecule has 0 aliphatic carbocycles. The number of pyridine rings is 1. The monoisotopic (exact) mass is 498 g/mol. The summed E-state index contributed by atoms with van der Waals surface area (Å²) in [5.74, 6) is 0.0196. The highest BCUT2D eigenvalue weighted by molar-refractivity contribution is 6.00. The molecule has 10 nitrogen and oxygen atoms in total. The summed E-state index contributed by atoms with van der Waals surface area (Å²) in [6, 6.07) is 9.37. The average Bonchev–Trinajstić information content (AvgIpc) is 3.52. The minimum atomic E-state index is -0.470. The molecule has 186 valence electrons. The van der Waals surface area contributed by atoms with Crippen LogP contribution in [-0.4, -0.2) is 47.9 Å². The Labute approximate surface area is 211 Å². The van der Waals surface area contributed by atoms with Gasteiger partial charge in [-0.15, -0.1) is 0 Å². The standard InChI is InChI=1S/C26H23FN8O2/c1-15-8-29-25(36)21-12-32-35-14-22(17-5-3-16(4-6-17)19-10-31-34(2)13-19)23(33-24(21)35)28-9-18-7-20(27)11-30-26(18)37-15/h3-7,10-15H,8-9H2,1-2H3,(H,28,33)(H,29,36)/t15-/m0/s1. The van der Waals surface area contributed by atoms with Crippen molar-refractivity contribution in [1.82, 2.24) is 34.7 Å². The summed E-state index contributed by atoms with van der Waals surface area (Å²) in [6.07, 6.45) is 7.80. The molecule has 11 heteroatoms. The Hall–Kier alpha value is -4.80. The molecular weight excluding hydrogens is 475 g/mol. The van der Waals surface area contributed by atoms with Crippen LogP contribution in [0.1, 0.15) is 22.8 Å². The molecule has 0 radical (unpaired) electrons. The molecule has 0 saturated heterocycles. The topological polar surface area (TPSA) is 111 Å². The number of hydrogen-bond acceptors (Lipinski definition) is 7. The number of carbonyl (C=O) groups excluding carboxylic acids is 1. The van der Waals surface area contributed by atoms with E-state index in [1.54, 1.807) is 16.1 Å². The fourth-order valence-corrected chi connectivity index (χ4v) is 4.27. The summed E-state index contributed by atoms with van der Waals surface area (Å²) in [7, 11) is 1.88. The van der Waals surface area contributed by atoms with Crippen LogP contribution in [-0.2, 0) is 13.6 Å². The quantitative estimate of drug-likeness (QED) is 0.383. The van der Waals surface area contributed by atoms with Crippen molar-refractivity contribution in [2.45, 2.75) is 19.6 Å². The molecule has 2 N–H and O–H groups in total. The van der Waals surface area contributed by atoms with Crippen LogP contribution in [0.5, 0.6) is 5.88 Å². The highest BCUT2D eigenvalue weighted by atomic mass is 19.1. The Morgan fingerprint density at radius 1 is 1.00 bits per heavy atom. The SMILES string of the molecule is C[C@H]1CNC(=O)c2cnn3cc(-c4ccc(-c5cnn(C)c5)cc4)c(nc23)NCc2cc(F)cnc2O1. The second-order valence-corrected chi connectivity index (χ2v) is 8.92. The van der Waals surface area contributed by atoms with Gasteiger partial charge in [0.25, 0.3) is 5.91 Å². The van der Waals surface area contributed by atoms with Gasteiger partial charge >= 0.3 is 0 Å². The summed E-state index contributed by atoms with van der Waals surface area (Å²) in [5.41, 5.74) is 4.96. The summed E-state index contributed by atoms with van der Waals surface area (Å²) in [6.45, 7) is 2.25. The number of carbonyl (C=O) groups is 1. The molecule has 1 aliphatic rings. The van der Waals surface area contributed by atoms with Crippen molar-refractivity contribution in [3.63, 3.8) is 0 Å². The van der Waals surface area contributed by atoms with Gasteiger partial charge in [0, 0.05) is 42.7 Å². The van der Waals surface area contributed by atoms with Crippen LogP contribution in [0.3, 0.4) is 0 Å². The molecule has 37 heavy (non-hydrogen) atoms. The lowest BCUT2D eigenvalue weighted by Gasteiger charge is -2.17. The van der Waals surface area contributed by atoms with Crippen LogP contribution >= 0.6 is 0 Å². The van der Waals surface area contributed by atoms with Gasteiger partial charge < -0.3 is 15.4 Å².